The van der Waals surface area contributed by atoms with E-state index in [0.717, 1.165) is 32.5 Å². The molecule has 1 aliphatic heterocycles. The topological polar surface area (TPSA) is 50.2 Å². The highest BCUT2D eigenvalue weighted by Gasteiger charge is 2.28. The van der Waals surface area contributed by atoms with Crippen molar-refractivity contribution in [3.05, 3.63) is 18.5 Å². The minimum absolute atomic E-state index is 0.162. The molecular formula is C13H22N4O. The van der Waals surface area contributed by atoms with Crippen molar-refractivity contribution in [2.45, 2.75) is 38.8 Å². The zero-order valence-corrected chi connectivity index (χ0v) is 11.2. The van der Waals surface area contributed by atoms with Crippen LogP contribution < -0.4 is 5.32 Å². The lowest BCUT2D eigenvalue weighted by Gasteiger charge is -2.35. The summed E-state index contributed by atoms with van der Waals surface area (Å²) in [6, 6.07) is 1.96. The first kappa shape index (κ1) is 13.1. The Bertz CT molecular complexity index is 370. The Morgan fingerprint density at radius 3 is 3.06 bits per heavy atom. The number of nitrogens with zero attached hydrogens (tertiary/aromatic N) is 3. The number of piperidine rings is 1. The number of hydrogen-bond acceptors (Lipinski definition) is 3. The van der Waals surface area contributed by atoms with Crippen LogP contribution in [0.4, 0.5) is 0 Å². The minimum atomic E-state index is -0.220. The molecule has 0 bridgehead atoms. The summed E-state index contributed by atoms with van der Waals surface area (Å²) in [4.78, 5) is 14.5. The largest absolute Gasteiger partial charge is 0.337 e. The van der Waals surface area contributed by atoms with Gasteiger partial charge in [0.1, 0.15) is 6.04 Å². The van der Waals surface area contributed by atoms with E-state index in [9.17, 15) is 4.79 Å². The molecule has 1 aromatic rings. The maximum absolute atomic E-state index is 12.5. The van der Waals surface area contributed by atoms with Gasteiger partial charge in [0.2, 0.25) is 5.91 Å². The molecule has 2 rings (SSSR count). The average Bonchev–Trinajstić information content (AvgIpc) is 2.94. The second kappa shape index (κ2) is 6.00. The molecule has 1 N–H and O–H groups in total. The second-order valence-electron chi connectivity index (χ2n) is 4.79. The van der Waals surface area contributed by atoms with Gasteiger partial charge in [-0.15, -0.1) is 0 Å². The molecule has 1 aromatic heterocycles. The molecule has 0 saturated carbocycles. The van der Waals surface area contributed by atoms with Gasteiger partial charge in [0, 0.05) is 31.5 Å². The number of carbonyl (C=O) groups excluding carboxylic acids is 1. The number of likely N-dealkylation sites (N-methyl/N-ethyl adjacent to an activating group) is 1. The summed E-state index contributed by atoms with van der Waals surface area (Å²) in [5.41, 5.74) is 0. The molecule has 2 heterocycles. The van der Waals surface area contributed by atoms with E-state index in [1.54, 1.807) is 10.9 Å². The number of aromatic nitrogens is 2. The van der Waals surface area contributed by atoms with Crippen molar-refractivity contribution in [2.75, 3.05) is 19.6 Å². The summed E-state index contributed by atoms with van der Waals surface area (Å²) in [6.45, 7) is 6.69. The van der Waals surface area contributed by atoms with Gasteiger partial charge in [0.15, 0.2) is 0 Å². The number of rotatable bonds is 4. The molecule has 0 aromatic carbocycles. The first-order chi connectivity index (χ1) is 8.74. The van der Waals surface area contributed by atoms with Crippen molar-refractivity contribution in [3.63, 3.8) is 0 Å². The summed E-state index contributed by atoms with van der Waals surface area (Å²) in [6.07, 6.45) is 5.79. The van der Waals surface area contributed by atoms with E-state index in [0.29, 0.717) is 6.04 Å². The van der Waals surface area contributed by atoms with Crippen LogP contribution in [0.1, 0.15) is 32.7 Å². The Morgan fingerprint density at radius 1 is 1.67 bits per heavy atom. The van der Waals surface area contributed by atoms with Gasteiger partial charge in [0.05, 0.1) is 0 Å². The van der Waals surface area contributed by atoms with Crippen LogP contribution in [0.2, 0.25) is 0 Å². The van der Waals surface area contributed by atoms with Crippen LogP contribution >= 0.6 is 0 Å². The van der Waals surface area contributed by atoms with E-state index in [4.69, 9.17) is 0 Å². The highest BCUT2D eigenvalue weighted by Crippen LogP contribution is 2.15. The Hall–Kier alpha value is -1.36. The summed E-state index contributed by atoms with van der Waals surface area (Å²) < 4.78 is 1.72. The highest BCUT2D eigenvalue weighted by atomic mass is 16.2. The molecule has 2 atom stereocenters. The van der Waals surface area contributed by atoms with Gasteiger partial charge in [-0.2, -0.15) is 5.10 Å². The fourth-order valence-corrected chi connectivity index (χ4v) is 2.56. The van der Waals surface area contributed by atoms with Gasteiger partial charge in [-0.1, -0.05) is 0 Å². The van der Waals surface area contributed by atoms with Crippen molar-refractivity contribution in [1.82, 2.24) is 20.0 Å². The molecule has 1 amide bonds. The lowest BCUT2D eigenvalue weighted by molar-refractivity contribution is -0.137. The summed E-state index contributed by atoms with van der Waals surface area (Å²) in [7, 11) is 0. The van der Waals surface area contributed by atoms with Crippen molar-refractivity contribution < 1.29 is 4.79 Å². The summed E-state index contributed by atoms with van der Waals surface area (Å²) in [5.74, 6) is 0.162. The van der Waals surface area contributed by atoms with Crippen LogP contribution in [0.25, 0.3) is 0 Å². The van der Waals surface area contributed by atoms with Gasteiger partial charge in [0.25, 0.3) is 0 Å². The van der Waals surface area contributed by atoms with Crippen LogP contribution in [0, 0.1) is 0 Å². The smallest absolute Gasteiger partial charge is 0.247 e. The van der Waals surface area contributed by atoms with Gasteiger partial charge in [-0.25, -0.2) is 0 Å². The monoisotopic (exact) mass is 250 g/mol. The van der Waals surface area contributed by atoms with E-state index in [1.165, 1.54) is 0 Å². The van der Waals surface area contributed by atoms with E-state index in [-0.39, 0.29) is 11.9 Å². The van der Waals surface area contributed by atoms with Gasteiger partial charge in [-0.05, 0) is 39.3 Å². The van der Waals surface area contributed by atoms with Crippen molar-refractivity contribution >= 4 is 5.91 Å². The molecule has 5 nitrogen and oxygen atoms in total. The van der Waals surface area contributed by atoms with E-state index in [2.05, 4.69) is 10.4 Å². The van der Waals surface area contributed by atoms with Gasteiger partial charge in [-0.3, -0.25) is 9.48 Å². The number of carbonyl (C=O) groups is 1. The first-order valence-electron chi connectivity index (χ1n) is 6.74. The van der Waals surface area contributed by atoms with Gasteiger partial charge >= 0.3 is 0 Å². The molecule has 0 aliphatic carbocycles. The fraction of sp³-hybridized carbons (Fsp3) is 0.692. The van der Waals surface area contributed by atoms with Crippen molar-refractivity contribution in [1.29, 1.82) is 0 Å². The third kappa shape index (κ3) is 2.72. The quantitative estimate of drug-likeness (QED) is 0.869. The van der Waals surface area contributed by atoms with Crippen LogP contribution in [0.3, 0.4) is 0 Å². The molecule has 2 unspecified atom stereocenters. The zero-order chi connectivity index (χ0) is 13.0. The van der Waals surface area contributed by atoms with E-state index in [1.807, 2.05) is 31.0 Å². The molecule has 1 aliphatic rings. The van der Waals surface area contributed by atoms with Crippen molar-refractivity contribution in [3.8, 4) is 0 Å². The van der Waals surface area contributed by atoms with E-state index < -0.39 is 0 Å². The Labute approximate surface area is 108 Å². The Kier molecular flexibility index (Phi) is 4.36. The summed E-state index contributed by atoms with van der Waals surface area (Å²) >= 11 is 0. The van der Waals surface area contributed by atoms with Crippen LogP contribution in [-0.2, 0) is 4.79 Å². The minimum Gasteiger partial charge on any atom is -0.337 e. The predicted molar refractivity (Wildman–Crippen MR) is 70.2 cm³/mol. The lowest BCUT2D eigenvalue weighted by Crippen LogP contribution is -2.50. The van der Waals surface area contributed by atoms with Crippen LogP contribution in [0.15, 0.2) is 18.5 Å². The lowest BCUT2D eigenvalue weighted by atomic mass is 10.0. The van der Waals surface area contributed by atoms with E-state index >= 15 is 0 Å². The van der Waals surface area contributed by atoms with Gasteiger partial charge < -0.3 is 10.2 Å². The molecule has 0 spiro atoms. The molecule has 5 heteroatoms. The Balaban J connectivity index is 2.04. The summed E-state index contributed by atoms with van der Waals surface area (Å²) in [5, 5.41) is 7.51. The third-order valence-corrected chi connectivity index (χ3v) is 3.61. The number of hydrogen-bond donors (Lipinski definition) is 1. The maximum Gasteiger partial charge on any atom is 0.247 e. The molecular weight excluding hydrogens is 228 g/mol. The van der Waals surface area contributed by atoms with Crippen LogP contribution in [-0.4, -0.2) is 46.3 Å². The zero-order valence-electron chi connectivity index (χ0n) is 11.2. The number of nitrogens with one attached hydrogen (secondary N) is 1. The molecule has 1 saturated heterocycles. The predicted octanol–water partition coefficient (Wildman–Crippen LogP) is 1.04. The van der Waals surface area contributed by atoms with Crippen LogP contribution in [0.5, 0.6) is 0 Å². The first-order valence-corrected chi connectivity index (χ1v) is 6.74. The standard InChI is InChI=1S/C13H22N4O/c1-3-16(12-6-4-7-14-10-12)13(18)11(2)17-9-5-8-15-17/h5,8-9,11-12,14H,3-4,6-7,10H2,1-2H3. The second-order valence-corrected chi connectivity index (χ2v) is 4.79. The third-order valence-electron chi connectivity index (χ3n) is 3.61. The van der Waals surface area contributed by atoms with Crippen molar-refractivity contribution in [2.24, 2.45) is 0 Å². The maximum atomic E-state index is 12.5. The average molecular weight is 250 g/mol. The molecule has 18 heavy (non-hydrogen) atoms. The Morgan fingerprint density at radius 2 is 2.50 bits per heavy atom. The molecule has 1 fully saturated rings. The SMILES string of the molecule is CCN(C(=O)C(C)n1cccn1)C1CCCNC1. The normalized spacial score (nSPS) is 21.6. The number of amides is 1. The molecule has 100 valence electrons. The highest BCUT2D eigenvalue weighted by molar-refractivity contribution is 5.80. The fourth-order valence-electron chi connectivity index (χ4n) is 2.56. The molecule has 0 radical (unpaired) electrons.